The molecule has 0 saturated carbocycles. The van der Waals surface area contributed by atoms with E-state index < -0.39 is 5.91 Å². The van der Waals surface area contributed by atoms with Gasteiger partial charge in [-0.05, 0) is 54.9 Å². The molecule has 3 rings (SSSR count). The molecule has 8 heteroatoms. The fraction of sp³-hybridized carbons (Fsp3) is 0.227. The van der Waals surface area contributed by atoms with Gasteiger partial charge < -0.3 is 14.8 Å². The highest BCUT2D eigenvalue weighted by atomic mass is 35.5. The molecule has 0 saturated heterocycles. The Bertz CT molecular complexity index is 1030. The van der Waals surface area contributed by atoms with Crippen molar-refractivity contribution in [3.05, 3.63) is 63.0 Å². The number of thioether (sulfide) groups is 1. The van der Waals surface area contributed by atoms with Crippen LogP contribution in [0.5, 0.6) is 11.5 Å². The van der Waals surface area contributed by atoms with Crippen LogP contribution in [0.1, 0.15) is 30.5 Å². The lowest BCUT2D eigenvalue weighted by Crippen LogP contribution is -2.23. The molecule has 1 aliphatic heterocycles. The van der Waals surface area contributed by atoms with Crippen molar-refractivity contribution in [2.24, 2.45) is 4.99 Å². The molecule has 6 nitrogen and oxygen atoms in total. The molecule has 1 aliphatic rings. The molecule has 0 spiro atoms. The first-order valence-electron chi connectivity index (χ1n) is 9.30. The number of ether oxygens (including phenoxy) is 2. The smallest absolute Gasteiger partial charge is 0.286 e. The zero-order valence-electron chi connectivity index (χ0n) is 16.8. The van der Waals surface area contributed by atoms with E-state index in [2.05, 4.69) is 10.3 Å². The van der Waals surface area contributed by atoms with Crippen molar-refractivity contribution < 1.29 is 19.1 Å². The number of hydrogen-bond acceptors (Lipinski definition) is 5. The van der Waals surface area contributed by atoms with Gasteiger partial charge in [-0.1, -0.05) is 41.4 Å². The normalized spacial score (nSPS) is 14.6. The zero-order chi connectivity index (χ0) is 21.7. The first kappa shape index (κ1) is 21.9. The van der Waals surface area contributed by atoms with Crippen molar-refractivity contribution in [2.45, 2.75) is 27.4 Å². The number of aryl methyl sites for hydroxylation is 1. The predicted molar refractivity (Wildman–Crippen MR) is 120 cm³/mol. The predicted octanol–water partition coefficient (Wildman–Crippen LogP) is 4.73. The van der Waals surface area contributed by atoms with Gasteiger partial charge in [0.15, 0.2) is 16.7 Å². The van der Waals surface area contributed by atoms with Crippen LogP contribution in [0.15, 0.2) is 46.3 Å². The number of benzene rings is 2. The number of hydrogen-bond donors (Lipinski definition) is 1. The van der Waals surface area contributed by atoms with Crippen LogP contribution in [0.4, 0.5) is 0 Å². The Morgan fingerprint density at radius 1 is 1.23 bits per heavy atom. The fourth-order valence-electron chi connectivity index (χ4n) is 2.68. The van der Waals surface area contributed by atoms with Crippen molar-refractivity contribution in [2.75, 3.05) is 6.61 Å². The standard InChI is InChI=1S/C22H21ClN2O4S/c1-4-28-18-10-16(11-19-21(27)25-22(30-19)24-14(3)26)9-17(23)20(18)29-12-15-7-5-13(2)6-8-15/h5-11H,4,12H2,1-3H3,(H,24,25,26,27). The molecule has 0 aliphatic carbocycles. The fourth-order valence-corrected chi connectivity index (χ4v) is 3.81. The maximum absolute atomic E-state index is 12.1. The van der Waals surface area contributed by atoms with Gasteiger partial charge in [0, 0.05) is 6.92 Å². The molecule has 0 atom stereocenters. The van der Waals surface area contributed by atoms with E-state index in [1.807, 2.05) is 38.1 Å². The number of rotatable bonds is 6. The summed E-state index contributed by atoms with van der Waals surface area (Å²) < 4.78 is 11.6. The van der Waals surface area contributed by atoms with Crippen molar-refractivity contribution in [3.8, 4) is 11.5 Å². The highest BCUT2D eigenvalue weighted by Crippen LogP contribution is 2.39. The second kappa shape index (κ2) is 9.82. The molecule has 0 radical (unpaired) electrons. The Hall–Kier alpha value is -2.77. The van der Waals surface area contributed by atoms with E-state index in [1.165, 1.54) is 12.5 Å². The lowest BCUT2D eigenvalue weighted by Gasteiger charge is -2.15. The van der Waals surface area contributed by atoms with Gasteiger partial charge in [0.25, 0.3) is 5.91 Å². The van der Waals surface area contributed by atoms with Crippen LogP contribution in [-0.4, -0.2) is 23.6 Å². The Morgan fingerprint density at radius 2 is 1.97 bits per heavy atom. The lowest BCUT2D eigenvalue weighted by molar-refractivity contribution is -0.117. The highest BCUT2D eigenvalue weighted by Gasteiger charge is 2.23. The van der Waals surface area contributed by atoms with Crippen LogP contribution in [0.2, 0.25) is 5.02 Å². The Kier molecular flexibility index (Phi) is 7.18. The number of carbonyl (C=O) groups is 2. The van der Waals surface area contributed by atoms with Crippen LogP contribution >= 0.6 is 23.4 Å². The summed E-state index contributed by atoms with van der Waals surface area (Å²) in [6, 6.07) is 11.5. The number of carbonyl (C=O) groups excluding carboxylic acids is 2. The number of aliphatic imine (C=N–C) groups is 1. The minimum absolute atomic E-state index is 0.257. The van der Waals surface area contributed by atoms with E-state index in [9.17, 15) is 9.59 Å². The molecule has 2 amide bonds. The number of amidine groups is 1. The first-order chi connectivity index (χ1) is 14.4. The molecule has 30 heavy (non-hydrogen) atoms. The largest absolute Gasteiger partial charge is 0.490 e. The Balaban J connectivity index is 1.81. The van der Waals surface area contributed by atoms with Crippen LogP contribution < -0.4 is 14.8 Å². The van der Waals surface area contributed by atoms with Gasteiger partial charge in [-0.2, -0.15) is 4.99 Å². The highest BCUT2D eigenvalue weighted by molar-refractivity contribution is 8.18. The molecule has 0 aromatic heterocycles. The summed E-state index contributed by atoms with van der Waals surface area (Å²) >= 11 is 7.56. The van der Waals surface area contributed by atoms with Gasteiger partial charge in [-0.15, -0.1) is 0 Å². The van der Waals surface area contributed by atoms with Crippen molar-refractivity contribution >= 4 is 46.4 Å². The average Bonchev–Trinajstić information content (AvgIpc) is 3.01. The Labute approximate surface area is 184 Å². The maximum Gasteiger partial charge on any atom is 0.286 e. The molecule has 0 fully saturated rings. The maximum atomic E-state index is 12.1. The van der Waals surface area contributed by atoms with Crippen molar-refractivity contribution in [3.63, 3.8) is 0 Å². The molecule has 1 N–H and O–H groups in total. The minimum atomic E-state index is -0.419. The first-order valence-corrected chi connectivity index (χ1v) is 10.5. The van der Waals surface area contributed by atoms with E-state index in [4.69, 9.17) is 21.1 Å². The molecular weight excluding hydrogens is 424 g/mol. The third-order valence-electron chi connectivity index (χ3n) is 4.04. The lowest BCUT2D eigenvalue weighted by atomic mass is 10.1. The SMILES string of the molecule is CCOc1cc(C=C2SC(NC(C)=O)=NC2=O)cc(Cl)c1OCc1ccc(C)cc1. The van der Waals surface area contributed by atoms with Crippen molar-refractivity contribution in [1.29, 1.82) is 0 Å². The van der Waals surface area contributed by atoms with Crippen LogP contribution in [-0.2, 0) is 16.2 Å². The number of halogens is 1. The molecule has 156 valence electrons. The summed E-state index contributed by atoms with van der Waals surface area (Å²) in [5, 5.41) is 3.15. The average molecular weight is 445 g/mol. The Morgan fingerprint density at radius 3 is 2.63 bits per heavy atom. The van der Waals surface area contributed by atoms with Gasteiger partial charge >= 0.3 is 0 Å². The number of amides is 2. The topological polar surface area (TPSA) is 77.0 Å². The van der Waals surface area contributed by atoms with E-state index in [-0.39, 0.29) is 11.1 Å². The van der Waals surface area contributed by atoms with Crippen molar-refractivity contribution in [1.82, 2.24) is 5.32 Å². The zero-order valence-corrected chi connectivity index (χ0v) is 18.4. The third-order valence-corrected chi connectivity index (χ3v) is 5.22. The van der Waals surface area contributed by atoms with E-state index in [0.29, 0.717) is 40.2 Å². The summed E-state index contributed by atoms with van der Waals surface area (Å²) in [6.07, 6.45) is 1.66. The van der Waals surface area contributed by atoms with Gasteiger partial charge in [-0.25, -0.2) is 0 Å². The molecule has 0 unspecified atom stereocenters. The number of nitrogens with one attached hydrogen (secondary N) is 1. The summed E-state index contributed by atoms with van der Waals surface area (Å²) in [6.45, 7) is 6.04. The second-order valence-electron chi connectivity index (χ2n) is 6.55. The summed E-state index contributed by atoms with van der Waals surface area (Å²) in [4.78, 5) is 27.5. The van der Waals surface area contributed by atoms with E-state index in [0.717, 1.165) is 17.3 Å². The summed E-state index contributed by atoms with van der Waals surface area (Å²) in [5.41, 5.74) is 2.86. The summed E-state index contributed by atoms with van der Waals surface area (Å²) in [7, 11) is 0. The molecule has 1 heterocycles. The van der Waals surface area contributed by atoms with Gasteiger partial charge in [-0.3, -0.25) is 9.59 Å². The molecule has 2 aromatic carbocycles. The summed E-state index contributed by atoms with van der Waals surface area (Å²) in [5.74, 6) is 0.230. The molecule has 0 bridgehead atoms. The quantitative estimate of drug-likeness (QED) is 0.651. The third kappa shape index (κ3) is 5.64. The molecule has 2 aromatic rings. The van der Waals surface area contributed by atoms with Crippen LogP contribution in [0.25, 0.3) is 6.08 Å². The minimum Gasteiger partial charge on any atom is -0.490 e. The molecular formula is C22H21ClN2O4S. The van der Waals surface area contributed by atoms with Crippen LogP contribution in [0, 0.1) is 6.92 Å². The van der Waals surface area contributed by atoms with E-state index >= 15 is 0 Å². The monoisotopic (exact) mass is 444 g/mol. The van der Waals surface area contributed by atoms with Gasteiger partial charge in [0.1, 0.15) is 6.61 Å². The second-order valence-corrected chi connectivity index (χ2v) is 7.99. The van der Waals surface area contributed by atoms with Crippen LogP contribution in [0.3, 0.4) is 0 Å². The van der Waals surface area contributed by atoms with Gasteiger partial charge in [0.05, 0.1) is 16.5 Å². The van der Waals surface area contributed by atoms with E-state index in [1.54, 1.807) is 18.2 Å². The van der Waals surface area contributed by atoms with Gasteiger partial charge in [0.2, 0.25) is 5.91 Å². The number of nitrogens with zero attached hydrogens (tertiary/aromatic N) is 1.